The smallest absolute Gasteiger partial charge is 0.340 e. The molecular weight excluding hydrogens is 330 g/mol. The number of hydrogen-bond acceptors (Lipinski definition) is 5. The summed E-state index contributed by atoms with van der Waals surface area (Å²) >= 11 is 0. The number of anilines is 1. The number of ether oxygens (including phenoxy) is 1. The third kappa shape index (κ3) is 2.83. The second-order valence-electron chi connectivity index (χ2n) is 6.34. The van der Waals surface area contributed by atoms with Gasteiger partial charge in [0.15, 0.2) is 0 Å². The molecule has 26 heavy (non-hydrogen) atoms. The summed E-state index contributed by atoms with van der Waals surface area (Å²) < 4.78 is 6.43. The molecule has 0 aliphatic heterocycles. The van der Waals surface area contributed by atoms with Crippen LogP contribution in [0.4, 0.5) is 5.69 Å². The van der Waals surface area contributed by atoms with Crippen molar-refractivity contribution in [3.8, 4) is 5.69 Å². The van der Waals surface area contributed by atoms with Gasteiger partial charge in [0, 0.05) is 37.1 Å². The summed E-state index contributed by atoms with van der Waals surface area (Å²) in [6, 6.07) is 9.45. The maximum atomic E-state index is 13.1. The first-order valence-corrected chi connectivity index (χ1v) is 8.23. The quantitative estimate of drug-likeness (QED) is 0.679. The molecule has 3 aromatic rings. The molecule has 0 atom stereocenters. The molecule has 0 saturated carbocycles. The van der Waals surface area contributed by atoms with Gasteiger partial charge in [0.2, 0.25) is 0 Å². The zero-order chi connectivity index (χ0) is 19.0. The Morgan fingerprint density at radius 3 is 2.31 bits per heavy atom. The number of methoxy groups -OCH3 is 1. The number of nitrogens with zero attached hydrogens (tertiary/aromatic N) is 3. The van der Waals surface area contributed by atoms with Crippen LogP contribution in [-0.2, 0) is 4.74 Å². The Hall–Kier alpha value is -3.15. The summed E-state index contributed by atoms with van der Waals surface area (Å²) in [5.41, 5.74) is 3.06. The van der Waals surface area contributed by atoms with E-state index in [1.165, 1.54) is 7.11 Å². The van der Waals surface area contributed by atoms with Gasteiger partial charge in [0.25, 0.3) is 5.56 Å². The Morgan fingerprint density at radius 2 is 1.73 bits per heavy atom. The predicted octanol–water partition coefficient (Wildman–Crippen LogP) is 2.86. The number of rotatable bonds is 3. The van der Waals surface area contributed by atoms with E-state index in [0.717, 1.165) is 11.4 Å². The minimum absolute atomic E-state index is 0.213. The third-order valence-corrected chi connectivity index (χ3v) is 4.45. The lowest BCUT2D eigenvalue weighted by atomic mass is 10.0. The Kier molecular flexibility index (Phi) is 4.50. The summed E-state index contributed by atoms with van der Waals surface area (Å²) in [5, 5.41) is 0.989. The highest BCUT2D eigenvalue weighted by Crippen LogP contribution is 2.23. The van der Waals surface area contributed by atoms with Crippen LogP contribution in [0.15, 0.2) is 41.3 Å². The highest BCUT2D eigenvalue weighted by molar-refractivity contribution is 6.05. The van der Waals surface area contributed by atoms with E-state index < -0.39 is 5.97 Å². The first kappa shape index (κ1) is 17.7. The van der Waals surface area contributed by atoms with E-state index in [9.17, 15) is 9.59 Å². The van der Waals surface area contributed by atoms with Gasteiger partial charge in [-0.2, -0.15) is 0 Å². The summed E-state index contributed by atoms with van der Waals surface area (Å²) in [4.78, 5) is 31.6. The lowest BCUT2D eigenvalue weighted by Gasteiger charge is -2.15. The molecule has 0 fully saturated rings. The Bertz CT molecular complexity index is 1050. The molecule has 134 valence electrons. The zero-order valence-electron chi connectivity index (χ0n) is 15.5. The second kappa shape index (κ2) is 6.63. The molecule has 6 nitrogen and oxygen atoms in total. The summed E-state index contributed by atoms with van der Waals surface area (Å²) in [6.45, 7) is 3.52. The lowest BCUT2D eigenvalue weighted by molar-refractivity contribution is 0.0601. The van der Waals surface area contributed by atoms with Crippen LogP contribution in [-0.4, -0.2) is 36.7 Å². The van der Waals surface area contributed by atoms with Gasteiger partial charge in [-0.15, -0.1) is 0 Å². The van der Waals surface area contributed by atoms with Crippen LogP contribution < -0.4 is 10.5 Å². The number of benzene rings is 1. The van der Waals surface area contributed by atoms with Gasteiger partial charge < -0.3 is 9.64 Å². The SMILES string of the molecule is COC(=O)c1c(C)nc(C)c2c(=O)n(-c3ccc(N(C)C)cc3)ccc12. The van der Waals surface area contributed by atoms with Crippen molar-refractivity contribution in [3.05, 3.63) is 63.8 Å². The van der Waals surface area contributed by atoms with Crippen molar-refractivity contribution in [3.63, 3.8) is 0 Å². The molecule has 2 aromatic heterocycles. The molecule has 2 heterocycles. The van der Waals surface area contributed by atoms with E-state index in [2.05, 4.69) is 4.98 Å². The average Bonchev–Trinajstić information content (AvgIpc) is 2.61. The molecule has 0 aliphatic rings. The molecular formula is C20H21N3O3. The number of carbonyl (C=O) groups is 1. The van der Waals surface area contributed by atoms with Crippen LogP contribution >= 0.6 is 0 Å². The van der Waals surface area contributed by atoms with E-state index in [0.29, 0.717) is 27.7 Å². The summed E-state index contributed by atoms with van der Waals surface area (Å²) in [6.07, 6.45) is 1.68. The van der Waals surface area contributed by atoms with Crippen molar-refractivity contribution in [2.45, 2.75) is 13.8 Å². The van der Waals surface area contributed by atoms with Gasteiger partial charge in [-0.05, 0) is 44.2 Å². The van der Waals surface area contributed by atoms with Gasteiger partial charge >= 0.3 is 5.97 Å². The highest BCUT2D eigenvalue weighted by atomic mass is 16.5. The second-order valence-corrected chi connectivity index (χ2v) is 6.34. The molecule has 0 unspecified atom stereocenters. The number of aryl methyl sites for hydroxylation is 2. The van der Waals surface area contributed by atoms with Crippen LogP contribution in [0, 0.1) is 13.8 Å². The number of esters is 1. The van der Waals surface area contributed by atoms with E-state index in [1.54, 1.807) is 30.7 Å². The molecule has 0 radical (unpaired) electrons. The monoisotopic (exact) mass is 351 g/mol. The van der Waals surface area contributed by atoms with E-state index in [-0.39, 0.29) is 5.56 Å². The van der Waals surface area contributed by atoms with E-state index in [1.807, 2.05) is 43.3 Å². The van der Waals surface area contributed by atoms with E-state index in [4.69, 9.17) is 4.74 Å². The number of aromatic nitrogens is 2. The van der Waals surface area contributed by atoms with Crippen LogP contribution in [0.1, 0.15) is 21.7 Å². The summed E-state index contributed by atoms with van der Waals surface area (Å²) in [7, 11) is 5.24. The minimum atomic E-state index is -0.493. The highest BCUT2D eigenvalue weighted by Gasteiger charge is 2.19. The normalized spacial score (nSPS) is 10.8. The molecule has 0 N–H and O–H groups in total. The van der Waals surface area contributed by atoms with Crippen molar-refractivity contribution in [2.75, 3.05) is 26.1 Å². The number of fused-ring (bicyclic) bond motifs is 1. The fourth-order valence-electron chi connectivity index (χ4n) is 3.13. The summed E-state index contributed by atoms with van der Waals surface area (Å²) in [5.74, 6) is -0.493. The minimum Gasteiger partial charge on any atom is -0.465 e. The molecule has 6 heteroatoms. The van der Waals surface area contributed by atoms with Gasteiger partial charge in [-0.25, -0.2) is 4.79 Å². The topological polar surface area (TPSA) is 64.4 Å². The Morgan fingerprint density at radius 1 is 1.08 bits per heavy atom. The first-order valence-electron chi connectivity index (χ1n) is 8.23. The average molecular weight is 351 g/mol. The Labute approximate surface area is 151 Å². The molecule has 3 rings (SSSR count). The number of carbonyl (C=O) groups excluding carboxylic acids is 1. The van der Waals surface area contributed by atoms with Crippen LogP contribution in [0.2, 0.25) is 0 Å². The maximum absolute atomic E-state index is 13.1. The van der Waals surface area contributed by atoms with Gasteiger partial charge in [-0.3, -0.25) is 14.3 Å². The van der Waals surface area contributed by atoms with Crippen LogP contribution in [0.3, 0.4) is 0 Å². The fraction of sp³-hybridized carbons (Fsp3) is 0.250. The largest absolute Gasteiger partial charge is 0.465 e. The van der Waals surface area contributed by atoms with Crippen LogP contribution in [0.25, 0.3) is 16.5 Å². The zero-order valence-corrected chi connectivity index (χ0v) is 15.5. The number of hydrogen-bond donors (Lipinski definition) is 0. The molecule has 0 bridgehead atoms. The first-order chi connectivity index (χ1) is 12.3. The van der Waals surface area contributed by atoms with Crippen molar-refractivity contribution in [2.24, 2.45) is 0 Å². The number of pyridine rings is 2. The standard InChI is InChI=1S/C20H21N3O3/c1-12-17-16(18(13(2)21-12)20(25)26-5)10-11-23(19(17)24)15-8-6-14(7-9-15)22(3)4/h6-11H,1-5H3. The van der Waals surface area contributed by atoms with Crippen molar-refractivity contribution in [1.82, 2.24) is 9.55 Å². The lowest BCUT2D eigenvalue weighted by Crippen LogP contribution is -2.21. The van der Waals surface area contributed by atoms with Crippen molar-refractivity contribution < 1.29 is 9.53 Å². The molecule has 0 aliphatic carbocycles. The van der Waals surface area contributed by atoms with Crippen LogP contribution in [0.5, 0.6) is 0 Å². The Balaban J connectivity index is 2.27. The van der Waals surface area contributed by atoms with Crippen molar-refractivity contribution >= 4 is 22.4 Å². The maximum Gasteiger partial charge on any atom is 0.340 e. The predicted molar refractivity (Wildman–Crippen MR) is 102 cm³/mol. The molecule has 0 saturated heterocycles. The van der Waals surface area contributed by atoms with Crippen molar-refractivity contribution in [1.29, 1.82) is 0 Å². The van der Waals surface area contributed by atoms with Gasteiger partial charge in [0.05, 0.1) is 29.4 Å². The molecule has 0 amide bonds. The fourth-order valence-corrected chi connectivity index (χ4v) is 3.13. The third-order valence-electron chi connectivity index (χ3n) is 4.45. The molecule has 0 spiro atoms. The molecule has 1 aromatic carbocycles. The van der Waals surface area contributed by atoms with Gasteiger partial charge in [0.1, 0.15) is 0 Å². The van der Waals surface area contributed by atoms with E-state index >= 15 is 0 Å². The van der Waals surface area contributed by atoms with Gasteiger partial charge in [-0.1, -0.05) is 0 Å².